The first-order chi connectivity index (χ1) is 18.2. The van der Waals surface area contributed by atoms with Crippen LogP contribution < -0.4 is 4.74 Å². The van der Waals surface area contributed by atoms with E-state index in [0.29, 0.717) is 46.1 Å². The Hall–Kier alpha value is -4.00. The number of methoxy groups -OCH3 is 1. The van der Waals surface area contributed by atoms with Gasteiger partial charge in [-0.05, 0) is 56.3 Å². The monoisotopic (exact) mass is 556 g/mol. The van der Waals surface area contributed by atoms with E-state index in [4.69, 9.17) is 9.15 Å². The van der Waals surface area contributed by atoms with Gasteiger partial charge in [-0.25, -0.2) is 9.78 Å². The van der Waals surface area contributed by atoms with Gasteiger partial charge in [-0.15, -0.1) is 0 Å². The number of nitrogens with zero attached hydrogens (tertiary/aromatic N) is 2. The molecule has 2 heterocycles. The average Bonchev–Trinajstić information content (AvgIpc) is 3.39. The summed E-state index contributed by atoms with van der Waals surface area (Å²) in [5.41, 5.74) is -4.36. The highest BCUT2D eigenvalue weighted by Crippen LogP contribution is 2.50. The molecule has 0 amide bonds. The van der Waals surface area contributed by atoms with Crippen molar-refractivity contribution in [3.63, 3.8) is 0 Å². The summed E-state index contributed by atoms with van der Waals surface area (Å²) in [6, 6.07) is 10.4. The highest BCUT2D eigenvalue weighted by molar-refractivity contribution is 5.82. The number of esters is 1. The average molecular weight is 556 g/mol. The Morgan fingerprint density at radius 3 is 2.23 bits per heavy atom. The molecule has 0 saturated heterocycles. The Bertz CT molecular complexity index is 1490. The Balaban J connectivity index is 1.62. The Kier molecular flexibility index (Phi) is 7.15. The number of benzene rings is 2. The molecule has 4 aromatic rings. The topological polar surface area (TPSA) is 86.7 Å². The number of carbonyl (C=O) groups is 1. The summed E-state index contributed by atoms with van der Waals surface area (Å²) in [7, 11) is 1.24. The quantitative estimate of drug-likeness (QED) is 0.228. The minimum atomic E-state index is -5.98. The number of hydrogen-bond acceptors (Lipinski definition) is 6. The summed E-state index contributed by atoms with van der Waals surface area (Å²) in [5.74, 6) is 0.619. The minimum Gasteiger partial charge on any atom is -0.482 e. The molecule has 2 aromatic heterocycles. The van der Waals surface area contributed by atoms with Gasteiger partial charge in [0.25, 0.3) is 5.60 Å². The van der Waals surface area contributed by atoms with Crippen molar-refractivity contribution in [2.75, 3.05) is 13.7 Å². The molecule has 13 heteroatoms. The van der Waals surface area contributed by atoms with Crippen molar-refractivity contribution in [2.45, 2.75) is 38.3 Å². The number of aromatic nitrogens is 2. The first-order valence-electron chi connectivity index (χ1n) is 11.4. The second-order valence-electron chi connectivity index (χ2n) is 8.76. The maximum absolute atomic E-state index is 13.3. The number of ether oxygens (including phenoxy) is 2. The van der Waals surface area contributed by atoms with Crippen LogP contribution >= 0.6 is 0 Å². The number of rotatable bonds is 7. The van der Waals surface area contributed by atoms with Crippen LogP contribution in [-0.4, -0.2) is 46.7 Å². The number of carbonyl (C=O) groups excluding carboxylic acids is 1. The molecular formula is C26H22F6N2O5. The maximum Gasteiger partial charge on any atom is 0.430 e. The third kappa shape index (κ3) is 5.18. The number of aliphatic hydroxyl groups is 1. The van der Waals surface area contributed by atoms with Crippen LogP contribution in [-0.2, 0) is 21.7 Å². The molecule has 0 bridgehead atoms. The van der Waals surface area contributed by atoms with Crippen LogP contribution in [0.2, 0.25) is 0 Å². The lowest BCUT2D eigenvalue weighted by atomic mass is 9.91. The highest BCUT2D eigenvalue weighted by Gasteiger charge is 2.71. The zero-order valence-electron chi connectivity index (χ0n) is 20.8. The number of fused-ring (bicyclic) bond motifs is 1. The Morgan fingerprint density at radius 1 is 1.00 bits per heavy atom. The van der Waals surface area contributed by atoms with Crippen molar-refractivity contribution in [3.05, 3.63) is 71.2 Å². The second-order valence-corrected chi connectivity index (χ2v) is 8.76. The molecule has 0 radical (unpaired) electrons. The molecule has 39 heavy (non-hydrogen) atoms. The van der Waals surface area contributed by atoms with E-state index in [1.807, 2.05) is 0 Å². The lowest BCUT2D eigenvalue weighted by Gasteiger charge is -2.32. The van der Waals surface area contributed by atoms with Crippen LogP contribution in [0.15, 0.2) is 52.9 Å². The number of hydrogen-bond donors (Lipinski definition) is 1. The molecule has 0 aliphatic heterocycles. The molecule has 0 aliphatic carbocycles. The van der Waals surface area contributed by atoms with Crippen molar-refractivity contribution in [1.29, 1.82) is 0 Å². The van der Waals surface area contributed by atoms with Crippen LogP contribution in [0.1, 0.15) is 22.7 Å². The van der Waals surface area contributed by atoms with Gasteiger partial charge in [0, 0.05) is 27.7 Å². The SMILES string of the molecule is COC(=O)COc1ccc(-c2nc(Cn3c(C)cc4cc(C(O)(C(F)(F)F)C(F)(F)F)ccc43)c(C)o2)cc1. The zero-order valence-corrected chi connectivity index (χ0v) is 20.8. The van der Waals surface area contributed by atoms with Crippen LogP contribution in [0, 0.1) is 13.8 Å². The predicted molar refractivity (Wildman–Crippen MR) is 126 cm³/mol. The van der Waals surface area contributed by atoms with Crippen LogP contribution in [0.4, 0.5) is 26.3 Å². The number of aryl methyl sites for hydroxylation is 2. The van der Waals surface area contributed by atoms with Gasteiger partial charge in [-0.1, -0.05) is 6.07 Å². The molecule has 1 N–H and O–H groups in total. The van der Waals surface area contributed by atoms with E-state index in [-0.39, 0.29) is 24.4 Å². The van der Waals surface area contributed by atoms with Gasteiger partial charge in [0.2, 0.25) is 5.89 Å². The van der Waals surface area contributed by atoms with E-state index in [2.05, 4.69) is 9.72 Å². The molecular weight excluding hydrogens is 534 g/mol. The molecule has 0 aliphatic rings. The van der Waals surface area contributed by atoms with Gasteiger partial charge in [-0.3, -0.25) is 0 Å². The molecule has 7 nitrogen and oxygen atoms in total. The zero-order chi connectivity index (χ0) is 28.8. The van der Waals surface area contributed by atoms with Crippen LogP contribution in [0.5, 0.6) is 5.75 Å². The van der Waals surface area contributed by atoms with Crippen molar-refractivity contribution >= 4 is 16.9 Å². The smallest absolute Gasteiger partial charge is 0.430 e. The molecule has 0 unspecified atom stereocenters. The summed E-state index contributed by atoms with van der Waals surface area (Å²) in [5, 5.41) is 9.83. The molecule has 4 rings (SSSR count). The normalized spacial score (nSPS) is 12.7. The van der Waals surface area contributed by atoms with E-state index < -0.39 is 29.5 Å². The molecule has 0 spiro atoms. The van der Waals surface area contributed by atoms with Crippen LogP contribution in [0.3, 0.4) is 0 Å². The van der Waals surface area contributed by atoms with E-state index >= 15 is 0 Å². The summed E-state index contributed by atoms with van der Waals surface area (Å²) in [4.78, 5) is 15.7. The third-order valence-electron chi connectivity index (χ3n) is 6.23. The van der Waals surface area contributed by atoms with Gasteiger partial charge in [0.1, 0.15) is 17.2 Å². The van der Waals surface area contributed by atoms with E-state index in [1.54, 1.807) is 42.7 Å². The van der Waals surface area contributed by atoms with Gasteiger partial charge >= 0.3 is 18.3 Å². The standard InChI is InChI=1S/C26H22F6N2O5/c1-14-10-17-11-18(24(36,25(27,28)29)26(30,31)32)6-9-21(17)34(14)12-20-15(2)39-23(33-20)16-4-7-19(8-5-16)38-13-22(35)37-3/h4-11,36H,12-13H2,1-3H3. The largest absolute Gasteiger partial charge is 0.482 e. The van der Waals surface area contributed by atoms with Crippen LogP contribution in [0.25, 0.3) is 22.4 Å². The fourth-order valence-corrected chi connectivity index (χ4v) is 4.07. The lowest BCUT2D eigenvalue weighted by molar-refractivity contribution is -0.376. The fraction of sp³-hybridized carbons (Fsp3) is 0.308. The first kappa shape index (κ1) is 28.0. The summed E-state index contributed by atoms with van der Waals surface area (Å²) in [6.45, 7) is 3.18. The van der Waals surface area contributed by atoms with Crippen molar-refractivity contribution in [1.82, 2.24) is 9.55 Å². The highest BCUT2D eigenvalue weighted by atomic mass is 19.4. The molecule has 0 fully saturated rings. The van der Waals surface area contributed by atoms with E-state index in [1.165, 1.54) is 13.2 Å². The fourth-order valence-electron chi connectivity index (χ4n) is 4.07. The van der Waals surface area contributed by atoms with Crippen molar-refractivity contribution in [3.8, 4) is 17.2 Å². The lowest BCUT2D eigenvalue weighted by Crippen LogP contribution is -2.53. The van der Waals surface area contributed by atoms with Gasteiger partial charge in [-0.2, -0.15) is 26.3 Å². The Morgan fingerprint density at radius 2 is 1.64 bits per heavy atom. The Labute approximate surface area is 217 Å². The van der Waals surface area contributed by atoms with E-state index in [9.17, 15) is 36.2 Å². The van der Waals surface area contributed by atoms with Crippen molar-refractivity contribution < 1.29 is 50.1 Å². The number of oxazole rings is 1. The van der Waals surface area contributed by atoms with E-state index in [0.717, 1.165) is 6.07 Å². The molecule has 0 saturated carbocycles. The van der Waals surface area contributed by atoms with Gasteiger partial charge < -0.3 is 23.6 Å². The molecule has 208 valence electrons. The summed E-state index contributed by atoms with van der Waals surface area (Å²) in [6.07, 6.45) is -12.0. The summed E-state index contributed by atoms with van der Waals surface area (Å²) < 4.78 is 97.2. The third-order valence-corrected chi connectivity index (χ3v) is 6.23. The predicted octanol–water partition coefficient (Wildman–Crippen LogP) is 5.83. The summed E-state index contributed by atoms with van der Waals surface area (Å²) >= 11 is 0. The van der Waals surface area contributed by atoms with Gasteiger partial charge in [0.05, 0.1) is 13.7 Å². The molecule has 0 atom stereocenters. The minimum absolute atomic E-state index is 0.0841. The number of alkyl halides is 6. The maximum atomic E-state index is 13.3. The second kappa shape index (κ2) is 9.95. The number of halogens is 6. The van der Waals surface area contributed by atoms with Gasteiger partial charge in [0.15, 0.2) is 6.61 Å². The molecule has 2 aromatic carbocycles. The first-order valence-corrected chi connectivity index (χ1v) is 11.4. The van der Waals surface area contributed by atoms with Crippen molar-refractivity contribution in [2.24, 2.45) is 0 Å².